The maximum atomic E-state index is 14.7. The standard InChI is InChI=1S/C18H14ClF2NO2S/c1-23-12-4-2-11(3-5-12)10-24-17-15(20)7-6-14(16(17)21)18-22-9-13(8-19)25-18/h2-7,9H,8,10H2,1H3. The highest BCUT2D eigenvalue weighted by atomic mass is 35.5. The summed E-state index contributed by atoms with van der Waals surface area (Å²) in [5.74, 6) is -0.966. The van der Waals surface area contributed by atoms with Crippen molar-refractivity contribution in [3.63, 3.8) is 0 Å². The summed E-state index contributed by atoms with van der Waals surface area (Å²) in [6.45, 7) is 0.0338. The second-order valence-corrected chi connectivity index (χ2v) is 6.52. The van der Waals surface area contributed by atoms with E-state index >= 15 is 0 Å². The topological polar surface area (TPSA) is 31.4 Å². The molecule has 0 fully saturated rings. The number of halogens is 3. The average molecular weight is 382 g/mol. The zero-order valence-electron chi connectivity index (χ0n) is 13.3. The molecule has 0 saturated carbocycles. The van der Waals surface area contributed by atoms with Crippen LogP contribution in [-0.2, 0) is 12.5 Å². The molecule has 0 bridgehead atoms. The van der Waals surface area contributed by atoms with E-state index in [0.29, 0.717) is 16.6 Å². The summed E-state index contributed by atoms with van der Waals surface area (Å²) < 4.78 is 39.2. The molecule has 0 amide bonds. The molecule has 0 aliphatic rings. The Kier molecular flexibility index (Phi) is 5.50. The molecule has 7 heteroatoms. The van der Waals surface area contributed by atoms with Crippen molar-refractivity contribution >= 4 is 22.9 Å². The van der Waals surface area contributed by atoms with Crippen LogP contribution in [-0.4, -0.2) is 12.1 Å². The van der Waals surface area contributed by atoms with Crippen molar-refractivity contribution in [2.75, 3.05) is 7.11 Å². The van der Waals surface area contributed by atoms with Gasteiger partial charge >= 0.3 is 0 Å². The van der Waals surface area contributed by atoms with E-state index in [1.165, 1.54) is 23.5 Å². The van der Waals surface area contributed by atoms with Crippen molar-refractivity contribution in [1.29, 1.82) is 0 Å². The SMILES string of the molecule is COc1ccc(COc2c(F)ccc(-c3ncc(CCl)s3)c2F)cc1. The van der Waals surface area contributed by atoms with Crippen LogP contribution in [0, 0.1) is 11.6 Å². The van der Waals surface area contributed by atoms with Gasteiger partial charge < -0.3 is 9.47 Å². The normalized spacial score (nSPS) is 10.7. The van der Waals surface area contributed by atoms with E-state index in [0.717, 1.165) is 10.4 Å². The predicted octanol–water partition coefficient (Wildman–Crippen LogP) is 5.41. The lowest BCUT2D eigenvalue weighted by Crippen LogP contribution is -2.01. The van der Waals surface area contributed by atoms with Crippen LogP contribution in [0.5, 0.6) is 11.5 Å². The fraction of sp³-hybridized carbons (Fsp3) is 0.167. The van der Waals surface area contributed by atoms with Crippen LogP contribution in [0.4, 0.5) is 8.78 Å². The Morgan fingerprint density at radius 3 is 2.52 bits per heavy atom. The Bertz CT molecular complexity index is 868. The summed E-state index contributed by atoms with van der Waals surface area (Å²) in [5, 5.41) is 0.433. The summed E-state index contributed by atoms with van der Waals surface area (Å²) >= 11 is 7.00. The van der Waals surface area contributed by atoms with Gasteiger partial charge in [-0.2, -0.15) is 0 Å². The van der Waals surface area contributed by atoms with Gasteiger partial charge in [0.05, 0.1) is 18.6 Å². The van der Waals surface area contributed by atoms with E-state index in [2.05, 4.69) is 4.98 Å². The quantitative estimate of drug-likeness (QED) is 0.534. The molecule has 0 N–H and O–H groups in total. The third-order valence-corrected chi connectivity index (χ3v) is 4.98. The number of hydrogen-bond acceptors (Lipinski definition) is 4. The number of thiazole rings is 1. The molecule has 1 heterocycles. The molecule has 0 aliphatic carbocycles. The number of benzene rings is 2. The third kappa shape index (κ3) is 3.91. The molecular weight excluding hydrogens is 368 g/mol. The summed E-state index contributed by atoms with van der Waals surface area (Å²) in [4.78, 5) is 4.94. The van der Waals surface area contributed by atoms with Crippen molar-refractivity contribution in [2.24, 2.45) is 0 Å². The molecule has 130 valence electrons. The van der Waals surface area contributed by atoms with E-state index in [1.807, 2.05) is 0 Å². The molecule has 3 rings (SSSR count). The van der Waals surface area contributed by atoms with Crippen molar-refractivity contribution in [3.05, 3.63) is 64.7 Å². The monoisotopic (exact) mass is 381 g/mol. The van der Waals surface area contributed by atoms with Gasteiger partial charge in [-0.15, -0.1) is 22.9 Å². The van der Waals surface area contributed by atoms with Gasteiger partial charge in [0.1, 0.15) is 17.4 Å². The summed E-state index contributed by atoms with van der Waals surface area (Å²) in [6, 6.07) is 9.57. The van der Waals surface area contributed by atoms with Gasteiger partial charge in [-0.25, -0.2) is 13.8 Å². The molecule has 3 nitrogen and oxygen atoms in total. The Morgan fingerprint density at radius 1 is 1.12 bits per heavy atom. The summed E-state index contributed by atoms with van der Waals surface area (Å²) in [7, 11) is 1.57. The minimum absolute atomic E-state index is 0.0338. The van der Waals surface area contributed by atoms with Crippen molar-refractivity contribution in [2.45, 2.75) is 12.5 Å². The maximum absolute atomic E-state index is 14.7. The Morgan fingerprint density at radius 2 is 1.88 bits per heavy atom. The van der Waals surface area contributed by atoms with Crippen LogP contribution in [0.25, 0.3) is 10.6 Å². The first-order valence-corrected chi connectivity index (χ1v) is 8.72. The minimum Gasteiger partial charge on any atom is -0.497 e. The first kappa shape index (κ1) is 17.6. The van der Waals surface area contributed by atoms with Gasteiger partial charge in [0.2, 0.25) is 0 Å². The van der Waals surface area contributed by atoms with Crippen LogP contribution in [0.1, 0.15) is 10.4 Å². The second kappa shape index (κ2) is 7.80. The molecule has 0 aliphatic heterocycles. The van der Waals surface area contributed by atoms with Crippen LogP contribution < -0.4 is 9.47 Å². The molecule has 3 aromatic rings. The largest absolute Gasteiger partial charge is 0.497 e. The number of aromatic nitrogens is 1. The zero-order valence-corrected chi connectivity index (χ0v) is 14.8. The molecule has 0 saturated heterocycles. The van der Waals surface area contributed by atoms with Gasteiger partial charge in [0, 0.05) is 11.1 Å². The second-order valence-electron chi connectivity index (χ2n) is 5.14. The lowest BCUT2D eigenvalue weighted by Gasteiger charge is -2.11. The van der Waals surface area contributed by atoms with E-state index < -0.39 is 17.4 Å². The third-order valence-electron chi connectivity index (χ3n) is 3.51. The molecule has 0 radical (unpaired) electrons. The maximum Gasteiger partial charge on any atom is 0.191 e. The lowest BCUT2D eigenvalue weighted by atomic mass is 10.2. The summed E-state index contributed by atoms with van der Waals surface area (Å²) in [6.07, 6.45) is 1.58. The molecule has 0 atom stereocenters. The number of alkyl halides is 1. The fourth-order valence-electron chi connectivity index (χ4n) is 2.20. The van der Waals surface area contributed by atoms with Gasteiger partial charge in [0.15, 0.2) is 17.4 Å². The van der Waals surface area contributed by atoms with Gasteiger partial charge in [-0.1, -0.05) is 12.1 Å². The molecule has 25 heavy (non-hydrogen) atoms. The highest BCUT2D eigenvalue weighted by molar-refractivity contribution is 7.15. The molecule has 0 unspecified atom stereocenters. The van der Waals surface area contributed by atoms with Crippen molar-refractivity contribution < 1.29 is 18.3 Å². The molecule has 1 aromatic heterocycles. The number of methoxy groups -OCH3 is 1. The lowest BCUT2D eigenvalue weighted by molar-refractivity contribution is 0.274. The van der Waals surface area contributed by atoms with Gasteiger partial charge in [-0.3, -0.25) is 0 Å². The van der Waals surface area contributed by atoms with E-state index in [1.54, 1.807) is 37.6 Å². The Balaban J connectivity index is 1.83. The highest BCUT2D eigenvalue weighted by Crippen LogP contribution is 2.34. The number of hydrogen-bond donors (Lipinski definition) is 0. The number of rotatable bonds is 6. The van der Waals surface area contributed by atoms with Crippen LogP contribution in [0.2, 0.25) is 0 Å². The predicted molar refractivity (Wildman–Crippen MR) is 94.3 cm³/mol. The average Bonchev–Trinajstić information content (AvgIpc) is 3.11. The van der Waals surface area contributed by atoms with Crippen LogP contribution in [0.3, 0.4) is 0 Å². The Labute approximate surface area is 152 Å². The molecule has 2 aromatic carbocycles. The van der Waals surface area contributed by atoms with E-state index in [-0.39, 0.29) is 12.2 Å². The first-order chi connectivity index (χ1) is 12.1. The molecule has 0 spiro atoms. The Hall–Kier alpha value is -2.18. The van der Waals surface area contributed by atoms with E-state index in [4.69, 9.17) is 21.1 Å². The van der Waals surface area contributed by atoms with Gasteiger partial charge in [-0.05, 0) is 29.8 Å². The van der Waals surface area contributed by atoms with Gasteiger partial charge in [0.25, 0.3) is 0 Å². The smallest absolute Gasteiger partial charge is 0.191 e. The van der Waals surface area contributed by atoms with Crippen LogP contribution in [0.15, 0.2) is 42.6 Å². The number of nitrogens with zero attached hydrogens (tertiary/aromatic N) is 1. The zero-order chi connectivity index (χ0) is 17.8. The van der Waals surface area contributed by atoms with Crippen molar-refractivity contribution in [3.8, 4) is 22.1 Å². The van der Waals surface area contributed by atoms with Crippen LogP contribution >= 0.6 is 22.9 Å². The summed E-state index contributed by atoms with van der Waals surface area (Å²) in [5.41, 5.74) is 0.955. The first-order valence-electron chi connectivity index (χ1n) is 7.37. The number of ether oxygens (including phenoxy) is 2. The minimum atomic E-state index is -0.774. The molecular formula is C18H14ClF2NO2S. The fourth-order valence-corrected chi connectivity index (χ4v) is 3.22. The highest BCUT2D eigenvalue weighted by Gasteiger charge is 2.18. The van der Waals surface area contributed by atoms with Crippen molar-refractivity contribution in [1.82, 2.24) is 4.98 Å². The van der Waals surface area contributed by atoms with E-state index in [9.17, 15) is 8.78 Å².